The Morgan fingerprint density at radius 1 is 1.00 bits per heavy atom. The van der Waals surface area contributed by atoms with Gasteiger partial charge < -0.3 is 10.2 Å². The van der Waals surface area contributed by atoms with Gasteiger partial charge in [0.05, 0.1) is 5.56 Å². The summed E-state index contributed by atoms with van der Waals surface area (Å²) in [4.78, 5) is 11.7. The van der Waals surface area contributed by atoms with Gasteiger partial charge in [-0.05, 0) is 42.0 Å². The normalized spacial score (nSPS) is 10.2. The Morgan fingerprint density at radius 2 is 1.61 bits per heavy atom. The van der Waals surface area contributed by atoms with E-state index in [4.69, 9.17) is 10.2 Å². The molecule has 2 aromatic rings. The predicted octanol–water partition coefficient (Wildman–Crippen LogP) is 3.38. The number of phenols is 1. The van der Waals surface area contributed by atoms with Crippen LogP contribution in [-0.2, 0) is 5.75 Å². The molecule has 0 aromatic heterocycles. The van der Waals surface area contributed by atoms with E-state index in [1.165, 1.54) is 0 Å². The molecule has 0 bridgehead atoms. The Labute approximate surface area is 109 Å². The summed E-state index contributed by atoms with van der Waals surface area (Å²) in [6.45, 7) is 0. The second kappa shape index (κ2) is 5.60. The maximum atomic E-state index is 10.7. The number of carboxylic acid groups (broad SMARTS) is 1. The minimum atomic E-state index is -0.912. The van der Waals surface area contributed by atoms with Gasteiger partial charge in [0.1, 0.15) is 5.75 Å². The Bertz CT molecular complexity index is 532. The van der Waals surface area contributed by atoms with Gasteiger partial charge in [-0.25, -0.2) is 4.79 Å². The molecule has 0 atom stereocenters. The lowest BCUT2D eigenvalue weighted by Gasteiger charge is -2.03. The Balaban J connectivity index is 1.97. The molecule has 0 aliphatic rings. The molecular formula is C14H12O3S. The van der Waals surface area contributed by atoms with Gasteiger partial charge in [-0.2, -0.15) is 0 Å². The average Bonchev–Trinajstić information content (AvgIpc) is 2.38. The second-order valence-corrected chi connectivity index (χ2v) is 4.83. The summed E-state index contributed by atoms with van der Waals surface area (Å²) in [6, 6.07) is 13.8. The van der Waals surface area contributed by atoms with Crippen LogP contribution in [0.3, 0.4) is 0 Å². The number of hydrogen-bond acceptors (Lipinski definition) is 3. The lowest BCUT2D eigenvalue weighted by atomic mass is 10.2. The molecule has 0 fully saturated rings. The quantitative estimate of drug-likeness (QED) is 0.827. The third-order valence-corrected chi connectivity index (χ3v) is 3.53. The third-order valence-electron chi connectivity index (χ3n) is 2.44. The molecule has 4 heteroatoms. The van der Waals surface area contributed by atoms with Crippen LogP contribution in [0.5, 0.6) is 5.75 Å². The number of rotatable bonds is 4. The van der Waals surface area contributed by atoms with Crippen molar-refractivity contribution >= 4 is 17.7 Å². The first-order valence-electron chi connectivity index (χ1n) is 5.39. The van der Waals surface area contributed by atoms with E-state index in [9.17, 15) is 4.79 Å². The summed E-state index contributed by atoms with van der Waals surface area (Å²) in [7, 11) is 0. The number of aromatic carboxylic acids is 1. The molecule has 2 rings (SSSR count). The molecule has 0 aliphatic carbocycles. The van der Waals surface area contributed by atoms with E-state index >= 15 is 0 Å². The maximum absolute atomic E-state index is 10.7. The molecule has 0 aliphatic heterocycles. The maximum Gasteiger partial charge on any atom is 0.335 e. The summed E-state index contributed by atoms with van der Waals surface area (Å²) in [5.41, 5.74) is 1.41. The van der Waals surface area contributed by atoms with Crippen LogP contribution in [0.2, 0.25) is 0 Å². The van der Waals surface area contributed by atoms with E-state index in [1.807, 2.05) is 12.1 Å². The first-order chi connectivity index (χ1) is 8.65. The summed E-state index contributed by atoms with van der Waals surface area (Å²) in [5, 5.41) is 17.9. The van der Waals surface area contributed by atoms with Gasteiger partial charge >= 0.3 is 5.97 Å². The Kier molecular flexibility index (Phi) is 3.89. The molecule has 3 nitrogen and oxygen atoms in total. The third kappa shape index (κ3) is 3.28. The molecule has 0 spiro atoms. The first-order valence-corrected chi connectivity index (χ1v) is 6.38. The van der Waals surface area contributed by atoms with E-state index in [2.05, 4.69) is 0 Å². The standard InChI is InChI=1S/C14H12O3S/c15-12-5-1-10(2-6-12)9-18-13-7-3-11(4-8-13)14(16)17/h1-8,15H,9H2,(H,16,17). The van der Waals surface area contributed by atoms with Crippen LogP contribution < -0.4 is 0 Å². The smallest absolute Gasteiger partial charge is 0.335 e. The number of benzene rings is 2. The number of thioether (sulfide) groups is 1. The van der Waals surface area contributed by atoms with Gasteiger partial charge in [-0.1, -0.05) is 12.1 Å². The minimum Gasteiger partial charge on any atom is -0.508 e. The Hall–Kier alpha value is -1.94. The largest absolute Gasteiger partial charge is 0.508 e. The lowest BCUT2D eigenvalue weighted by Crippen LogP contribution is -1.94. The number of carboxylic acids is 1. The molecule has 0 unspecified atom stereocenters. The molecule has 0 amide bonds. The summed E-state index contributed by atoms with van der Waals surface area (Å²) in [5.74, 6) is 0.131. The van der Waals surface area contributed by atoms with Crippen molar-refractivity contribution in [2.75, 3.05) is 0 Å². The van der Waals surface area contributed by atoms with E-state index in [0.717, 1.165) is 16.2 Å². The van der Waals surface area contributed by atoms with Gasteiger partial charge in [0.25, 0.3) is 0 Å². The molecule has 0 saturated carbocycles. The van der Waals surface area contributed by atoms with Gasteiger partial charge in [-0.3, -0.25) is 0 Å². The molecule has 0 saturated heterocycles. The van der Waals surface area contributed by atoms with E-state index < -0.39 is 5.97 Å². The van der Waals surface area contributed by atoms with Crippen LogP contribution in [0.4, 0.5) is 0 Å². The Morgan fingerprint density at radius 3 is 2.17 bits per heavy atom. The van der Waals surface area contributed by atoms with Crippen molar-refractivity contribution < 1.29 is 15.0 Å². The van der Waals surface area contributed by atoms with Crippen molar-refractivity contribution in [3.05, 3.63) is 59.7 Å². The number of aromatic hydroxyl groups is 1. The van der Waals surface area contributed by atoms with Crippen LogP contribution in [0.15, 0.2) is 53.4 Å². The fraction of sp³-hybridized carbons (Fsp3) is 0.0714. The molecule has 0 heterocycles. The van der Waals surface area contributed by atoms with E-state index in [1.54, 1.807) is 48.2 Å². The molecule has 92 valence electrons. The molecule has 2 aromatic carbocycles. The van der Waals surface area contributed by atoms with Crippen molar-refractivity contribution in [1.29, 1.82) is 0 Å². The van der Waals surface area contributed by atoms with E-state index in [-0.39, 0.29) is 5.75 Å². The fourth-order valence-electron chi connectivity index (χ4n) is 1.45. The van der Waals surface area contributed by atoms with Crippen molar-refractivity contribution in [2.45, 2.75) is 10.6 Å². The highest BCUT2D eigenvalue weighted by Crippen LogP contribution is 2.23. The SMILES string of the molecule is O=C(O)c1ccc(SCc2ccc(O)cc2)cc1. The number of carbonyl (C=O) groups is 1. The van der Waals surface area contributed by atoms with Crippen molar-refractivity contribution in [3.63, 3.8) is 0 Å². The van der Waals surface area contributed by atoms with Crippen LogP contribution in [0.1, 0.15) is 15.9 Å². The van der Waals surface area contributed by atoms with E-state index in [0.29, 0.717) is 5.56 Å². The molecule has 18 heavy (non-hydrogen) atoms. The monoisotopic (exact) mass is 260 g/mol. The zero-order valence-corrected chi connectivity index (χ0v) is 10.4. The second-order valence-electron chi connectivity index (χ2n) is 3.78. The lowest BCUT2D eigenvalue weighted by molar-refractivity contribution is 0.0697. The minimum absolute atomic E-state index is 0.259. The highest BCUT2D eigenvalue weighted by molar-refractivity contribution is 7.98. The molecular weight excluding hydrogens is 248 g/mol. The number of hydrogen-bond donors (Lipinski definition) is 2. The highest BCUT2D eigenvalue weighted by atomic mass is 32.2. The molecule has 0 radical (unpaired) electrons. The zero-order chi connectivity index (χ0) is 13.0. The summed E-state index contributed by atoms with van der Waals surface area (Å²) in [6.07, 6.45) is 0. The van der Waals surface area contributed by atoms with Crippen molar-refractivity contribution in [3.8, 4) is 5.75 Å². The van der Waals surface area contributed by atoms with Crippen molar-refractivity contribution in [2.24, 2.45) is 0 Å². The summed E-state index contributed by atoms with van der Waals surface area (Å²) >= 11 is 1.63. The van der Waals surface area contributed by atoms with Gasteiger partial charge in [-0.15, -0.1) is 11.8 Å². The fourth-order valence-corrected chi connectivity index (χ4v) is 2.31. The predicted molar refractivity (Wildman–Crippen MR) is 71.1 cm³/mol. The highest BCUT2D eigenvalue weighted by Gasteiger charge is 2.02. The topological polar surface area (TPSA) is 57.5 Å². The van der Waals surface area contributed by atoms with Crippen LogP contribution in [0.25, 0.3) is 0 Å². The van der Waals surface area contributed by atoms with Gasteiger partial charge in [0.2, 0.25) is 0 Å². The average molecular weight is 260 g/mol. The van der Waals surface area contributed by atoms with Crippen molar-refractivity contribution in [1.82, 2.24) is 0 Å². The van der Waals surface area contributed by atoms with Crippen LogP contribution in [-0.4, -0.2) is 16.2 Å². The van der Waals surface area contributed by atoms with Crippen LogP contribution in [0, 0.1) is 0 Å². The molecule has 2 N–H and O–H groups in total. The first kappa shape index (κ1) is 12.5. The zero-order valence-electron chi connectivity index (χ0n) is 9.54. The number of phenolic OH excluding ortho intramolecular Hbond substituents is 1. The summed E-state index contributed by atoms with van der Waals surface area (Å²) < 4.78 is 0. The van der Waals surface area contributed by atoms with Gasteiger partial charge in [0, 0.05) is 10.6 Å². The van der Waals surface area contributed by atoms with Crippen LogP contribution >= 0.6 is 11.8 Å². The van der Waals surface area contributed by atoms with Gasteiger partial charge in [0.15, 0.2) is 0 Å².